The van der Waals surface area contributed by atoms with Gasteiger partial charge < -0.3 is 4.52 Å². The lowest BCUT2D eigenvalue weighted by Crippen LogP contribution is -2.01. The molecule has 2 aromatic heterocycles. The van der Waals surface area contributed by atoms with Gasteiger partial charge in [0.2, 0.25) is 11.7 Å². The molecule has 0 unspecified atom stereocenters. The molecule has 0 aliphatic carbocycles. The average molecular weight is 299 g/mol. The number of aromatic nitrogens is 4. The number of rotatable bonds is 5. The zero-order valence-electron chi connectivity index (χ0n) is 11.8. The van der Waals surface area contributed by atoms with Crippen LogP contribution in [0.4, 0.5) is 5.69 Å². The van der Waals surface area contributed by atoms with Gasteiger partial charge in [-0.1, -0.05) is 5.16 Å². The minimum absolute atomic E-state index is 0.0292. The van der Waals surface area contributed by atoms with Gasteiger partial charge in [0, 0.05) is 36.9 Å². The third kappa shape index (κ3) is 3.00. The van der Waals surface area contributed by atoms with Gasteiger partial charge in [-0.25, -0.2) is 0 Å². The number of nitro groups is 1. The molecule has 3 rings (SSSR count). The van der Waals surface area contributed by atoms with Crippen LogP contribution in [0.5, 0.6) is 0 Å². The second-order valence-corrected chi connectivity index (χ2v) is 4.85. The van der Waals surface area contributed by atoms with Gasteiger partial charge in [-0.3, -0.25) is 14.8 Å². The van der Waals surface area contributed by atoms with E-state index in [0.29, 0.717) is 30.2 Å². The first-order valence-corrected chi connectivity index (χ1v) is 6.68. The summed E-state index contributed by atoms with van der Waals surface area (Å²) in [6, 6.07) is 6.03. The first-order valence-electron chi connectivity index (χ1n) is 6.68. The minimum atomic E-state index is -0.447. The average Bonchev–Trinajstić information content (AvgIpc) is 3.14. The van der Waals surface area contributed by atoms with Gasteiger partial charge >= 0.3 is 0 Å². The molecule has 112 valence electrons. The Hall–Kier alpha value is -3.03. The van der Waals surface area contributed by atoms with Crippen LogP contribution in [0.1, 0.15) is 11.5 Å². The Morgan fingerprint density at radius 2 is 2.09 bits per heavy atom. The molecule has 0 aliphatic rings. The Balaban J connectivity index is 1.69. The van der Waals surface area contributed by atoms with Crippen LogP contribution in [0.2, 0.25) is 0 Å². The number of nitro benzene ring substituents is 1. The maximum Gasteiger partial charge on any atom is 0.269 e. The SMILES string of the molecule is Cc1cnn(CCc2nc(-c3ccc([N+](=O)[O-])cc3)no2)c1. The molecule has 2 heterocycles. The van der Waals surface area contributed by atoms with Gasteiger partial charge in [0.05, 0.1) is 11.1 Å². The number of non-ortho nitro benzene ring substituents is 1. The van der Waals surface area contributed by atoms with E-state index in [1.807, 2.05) is 17.8 Å². The van der Waals surface area contributed by atoms with Crippen molar-refractivity contribution in [2.24, 2.45) is 0 Å². The molecule has 3 aromatic rings. The molecule has 1 aromatic carbocycles. The summed E-state index contributed by atoms with van der Waals surface area (Å²) in [6.07, 6.45) is 4.30. The zero-order valence-corrected chi connectivity index (χ0v) is 11.8. The normalized spacial score (nSPS) is 10.8. The molecule has 0 fully saturated rings. The van der Waals surface area contributed by atoms with E-state index in [4.69, 9.17) is 4.52 Å². The lowest BCUT2D eigenvalue weighted by atomic mass is 10.2. The lowest BCUT2D eigenvalue weighted by molar-refractivity contribution is -0.384. The summed E-state index contributed by atoms with van der Waals surface area (Å²) < 4.78 is 7.00. The molecule has 0 saturated heterocycles. The smallest absolute Gasteiger partial charge is 0.269 e. The highest BCUT2D eigenvalue weighted by Gasteiger charge is 2.11. The van der Waals surface area contributed by atoms with Crippen molar-refractivity contribution in [2.45, 2.75) is 19.9 Å². The van der Waals surface area contributed by atoms with Crippen LogP contribution in [0.3, 0.4) is 0 Å². The second-order valence-electron chi connectivity index (χ2n) is 4.85. The number of aryl methyl sites for hydroxylation is 3. The van der Waals surface area contributed by atoms with Crippen molar-refractivity contribution in [2.75, 3.05) is 0 Å². The molecule has 0 amide bonds. The van der Waals surface area contributed by atoms with Crippen molar-refractivity contribution in [1.82, 2.24) is 19.9 Å². The summed E-state index contributed by atoms with van der Waals surface area (Å²) in [5, 5.41) is 18.7. The number of benzene rings is 1. The predicted molar refractivity (Wildman–Crippen MR) is 77.1 cm³/mol. The fraction of sp³-hybridized carbons (Fsp3) is 0.214. The fourth-order valence-electron chi connectivity index (χ4n) is 2.01. The standard InChI is InChI=1S/C14H13N5O3/c1-10-8-15-18(9-10)7-6-13-16-14(17-22-13)11-2-4-12(5-3-11)19(20)21/h2-5,8-9H,6-7H2,1H3. The predicted octanol–water partition coefficient (Wildman–Crippen LogP) is 2.39. The van der Waals surface area contributed by atoms with E-state index in [-0.39, 0.29) is 5.69 Å². The Labute approximate surface area is 125 Å². The van der Waals surface area contributed by atoms with E-state index in [2.05, 4.69) is 15.2 Å². The number of hydrogen-bond acceptors (Lipinski definition) is 6. The van der Waals surface area contributed by atoms with Gasteiger partial charge in [-0.15, -0.1) is 0 Å². The van der Waals surface area contributed by atoms with E-state index in [9.17, 15) is 10.1 Å². The minimum Gasteiger partial charge on any atom is -0.339 e. The first kappa shape index (κ1) is 13.9. The topological polar surface area (TPSA) is 99.9 Å². The highest BCUT2D eigenvalue weighted by Crippen LogP contribution is 2.20. The van der Waals surface area contributed by atoms with E-state index in [0.717, 1.165) is 5.56 Å². The third-order valence-corrected chi connectivity index (χ3v) is 3.12. The van der Waals surface area contributed by atoms with Crippen molar-refractivity contribution in [3.8, 4) is 11.4 Å². The summed E-state index contributed by atoms with van der Waals surface area (Å²) >= 11 is 0. The van der Waals surface area contributed by atoms with E-state index >= 15 is 0 Å². The molecule has 22 heavy (non-hydrogen) atoms. The van der Waals surface area contributed by atoms with Gasteiger partial charge in [0.25, 0.3) is 5.69 Å². The second kappa shape index (κ2) is 5.76. The summed E-state index contributed by atoms with van der Waals surface area (Å²) in [5.74, 6) is 0.919. The third-order valence-electron chi connectivity index (χ3n) is 3.12. The van der Waals surface area contributed by atoms with Crippen molar-refractivity contribution >= 4 is 5.69 Å². The van der Waals surface area contributed by atoms with Gasteiger partial charge in [-0.05, 0) is 24.6 Å². The van der Waals surface area contributed by atoms with E-state index in [1.165, 1.54) is 12.1 Å². The van der Waals surface area contributed by atoms with E-state index in [1.54, 1.807) is 18.3 Å². The summed E-state index contributed by atoms with van der Waals surface area (Å²) in [7, 11) is 0. The zero-order chi connectivity index (χ0) is 15.5. The van der Waals surface area contributed by atoms with E-state index < -0.39 is 4.92 Å². The molecule has 0 aliphatic heterocycles. The van der Waals surface area contributed by atoms with Crippen LogP contribution >= 0.6 is 0 Å². The van der Waals surface area contributed by atoms with Crippen molar-refractivity contribution in [3.63, 3.8) is 0 Å². The van der Waals surface area contributed by atoms with Crippen molar-refractivity contribution in [1.29, 1.82) is 0 Å². The van der Waals surface area contributed by atoms with Crippen LogP contribution in [0.15, 0.2) is 41.2 Å². The highest BCUT2D eigenvalue weighted by atomic mass is 16.6. The van der Waals surface area contributed by atoms with Crippen molar-refractivity contribution < 1.29 is 9.45 Å². The van der Waals surface area contributed by atoms with Crippen molar-refractivity contribution in [3.05, 3.63) is 58.2 Å². The quantitative estimate of drug-likeness (QED) is 0.529. The molecule has 0 spiro atoms. The molecule has 0 bridgehead atoms. The first-order chi connectivity index (χ1) is 10.6. The number of hydrogen-bond donors (Lipinski definition) is 0. The molecule has 0 radical (unpaired) electrons. The molecule has 0 saturated carbocycles. The van der Waals surface area contributed by atoms with Crippen LogP contribution in [-0.2, 0) is 13.0 Å². The Bertz CT molecular complexity index is 791. The molecular weight excluding hydrogens is 286 g/mol. The van der Waals surface area contributed by atoms with Crippen LogP contribution in [-0.4, -0.2) is 24.8 Å². The Morgan fingerprint density at radius 3 is 2.73 bits per heavy atom. The Kier molecular flexibility index (Phi) is 3.65. The Morgan fingerprint density at radius 1 is 1.32 bits per heavy atom. The van der Waals surface area contributed by atoms with Crippen LogP contribution < -0.4 is 0 Å². The summed E-state index contributed by atoms with van der Waals surface area (Å²) in [6.45, 7) is 2.62. The molecule has 0 N–H and O–H groups in total. The van der Waals surface area contributed by atoms with Gasteiger partial charge in [-0.2, -0.15) is 10.1 Å². The summed E-state index contributed by atoms with van der Waals surface area (Å²) in [5.41, 5.74) is 1.80. The molecular formula is C14H13N5O3. The lowest BCUT2D eigenvalue weighted by Gasteiger charge is -1.96. The van der Waals surface area contributed by atoms with Crippen LogP contribution in [0, 0.1) is 17.0 Å². The summed E-state index contributed by atoms with van der Waals surface area (Å²) in [4.78, 5) is 14.5. The molecule has 8 nitrogen and oxygen atoms in total. The number of nitrogens with zero attached hydrogens (tertiary/aromatic N) is 5. The largest absolute Gasteiger partial charge is 0.339 e. The maximum atomic E-state index is 10.6. The monoisotopic (exact) mass is 299 g/mol. The van der Waals surface area contributed by atoms with Gasteiger partial charge in [0.15, 0.2) is 0 Å². The highest BCUT2D eigenvalue weighted by molar-refractivity contribution is 5.56. The molecule has 8 heteroatoms. The fourth-order valence-corrected chi connectivity index (χ4v) is 2.01. The van der Waals surface area contributed by atoms with Gasteiger partial charge in [0.1, 0.15) is 0 Å². The van der Waals surface area contributed by atoms with Crippen LogP contribution in [0.25, 0.3) is 11.4 Å². The maximum absolute atomic E-state index is 10.6. The molecule has 0 atom stereocenters.